The molecule has 1 heterocycles. The van der Waals surface area contributed by atoms with Gasteiger partial charge in [-0.2, -0.15) is 0 Å². The lowest BCUT2D eigenvalue weighted by atomic mass is 10.1. The fourth-order valence-electron chi connectivity index (χ4n) is 1.52. The standard InChI is InChI=1S/C9H19N3O/c1-8(2)9(13)12-5-3-11(7-10)4-6-12/h8H,3-7,10H2,1-2H3. The molecule has 1 aliphatic rings. The molecule has 0 aromatic rings. The molecule has 4 heteroatoms. The number of carbonyl (C=O) groups excluding carboxylic acids is 1. The zero-order chi connectivity index (χ0) is 9.84. The minimum atomic E-state index is 0.115. The van der Waals surface area contributed by atoms with Crippen LogP contribution < -0.4 is 5.73 Å². The third-order valence-electron chi connectivity index (χ3n) is 2.44. The molecule has 1 fully saturated rings. The molecule has 76 valence electrons. The summed E-state index contributed by atoms with van der Waals surface area (Å²) in [5.74, 6) is 0.376. The fraction of sp³-hybridized carbons (Fsp3) is 0.889. The second kappa shape index (κ2) is 4.58. The van der Waals surface area contributed by atoms with E-state index in [0.717, 1.165) is 26.2 Å². The molecular formula is C9H19N3O. The van der Waals surface area contributed by atoms with E-state index >= 15 is 0 Å². The Balaban J connectivity index is 2.36. The van der Waals surface area contributed by atoms with Crippen LogP contribution in [0.1, 0.15) is 13.8 Å². The van der Waals surface area contributed by atoms with Crippen molar-refractivity contribution < 1.29 is 4.79 Å². The normalized spacial score (nSPS) is 19.5. The summed E-state index contributed by atoms with van der Waals surface area (Å²) < 4.78 is 0. The molecule has 4 nitrogen and oxygen atoms in total. The van der Waals surface area contributed by atoms with E-state index in [4.69, 9.17) is 5.73 Å². The lowest BCUT2D eigenvalue weighted by Crippen LogP contribution is -2.51. The van der Waals surface area contributed by atoms with Crippen molar-refractivity contribution in [2.45, 2.75) is 13.8 Å². The smallest absolute Gasteiger partial charge is 0.225 e. The predicted octanol–water partition coefficient (Wildman–Crippen LogP) is -0.297. The van der Waals surface area contributed by atoms with Crippen molar-refractivity contribution in [1.29, 1.82) is 0 Å². The summed E-state index contributed by atoms with van der Waals surface area (Å²) in [6.45, 7) is 7.96. The first-order valence-corrected chi connectivity index (χ1v) is 4.86. The van der Waals surface area contributed by atoms with Crippen LogP contribution in [0.4, 0.5) is 0 Å². The zero-order valence-corrected chi connectivity index (χ0v) is 8.49. The van der Waals surface area contributed by atoms with Gasteiger partial charge in [0.1, 0.15) is 0 Å². The summed E-state index contributed by atoms with van der Waals surface area (Å²) in [6.07, 6.45) is 0. The highest BCUT2D eigenvalue weighted by Gasteiger charge is 2.21. The lowest BCUT2D eigenvalue weighted by molar-refractivity contribution is -0.136. The summed E-state index contributed by atoms with van der Waals surface area (Å²) in [5.41, 5.74) is 5.51. The minimum Gasteiger partial charge on any atom is -0.340 e. The third-order valence-corrected chi connectivity index (χ3v) is 2.44. The maximum atomic E-state index is 11.6. The number of hydrogen-bond donors (Lipinski definition) is 1. The molecule has 13 heavy (non-hydrogen) atoms. The number of amides is 1. The van der Waals surface area contributed by atoms with E-state index in [2.05, 4.69) is 4.90 Å². The molecular weight excluding hydrogens is 166 g/mol. The highest BCUT2D eigenvalue weighted by Crippen LogP contribution is 2.05. The van der Waals surface area contributed by atoms with Crippen LogP contribution >= 0.6 is 0 Å². The molecule has 1 aliphatic heterocycles. The summed E-state index contributed by atoms with van der Waals surface area (Å²) in [7, 11) is 0. The number of hydrogen-bond acceptors (Lipinski definition) is 3. The predicted molar refractivity (Wildman–Crippen MR) is 52.0 cm³/mol. The molecule has 0 unspecified atom stereocenters. The second-order valence-corrected chi connectivity index (χ2v) is 3.78. The van der Waals surface area contributed by atoms with Gasteiger partial charge in [0.2, 0.25) is 5.91 Å². The molecule has 2 N–H and O–H groups in total. The van der Waals surface area contributed by atoms with E-state index in [0.29, 0.717) is 6.67 Å². The largest absolute Gasteiger partial charge is 0.340 e. The summed E-state index contributed by atoms with van der Waals surface area (Å²) in [5, 5.41) is 0. The maximum Gasteiger partial charge on any atom is 0.225 e. The van der Waals surface area contributed by atoms with Gasteiger partial charge in [-0.25, -0.2) is 0 Å². The number of nitrogens with two attached hydrogens (primary N) is 1. The van der Waals surface area contributed by atoms with Crippen molar-refractivity contribution in [2.75, 3.05) is 32.8 Å². The second-order valence-electron chi connectivity index (χ2n) is 3.78. The Morgan fingerprint density at radius 3 is 2.23 bits per heavy atom. The zero-order valence-electron chi connectivity index (χ0n) is 8.49. The monoisotopic (exact) mass is 185 g/mol. The Morgan fingerprint density at radius 2 is 1.85 bits per heavy atom. The van der Waals surface area contributed by atoms with E-state index < -0.39 is 0 Å². The van der Waals surface area contributed by atoms with Crippen molar-refractivity contribution in [1.82, 2.24) is 9.80 Å². The Kier molecular flexibility index (Phi) is 3.69. The quantitative estimate of drug-likeness (QED) is 0.643. The van der Waals surface area contributed by atoms with E-state index in [1.54, 1.807) is 0 Å². The van der Waals surface area contributed by atoms with E-state index in [-0.39, 0.29) is 11.8 Å². The van der Waals surface area contributed by atoms with E-state index in [1.807, 2.05) is 18.7 Å². The highest BCUT2D eigenvalue weighted by molar-refractivity contribution is 5.78. The molecule has 0 radical (unpaired) electrons. The van der Waals surface area contributed by atoms with Crippen LogP contribution in [0.5, 0.6) is 0 Å². The first-order chi connectivity index (χ1) is 6.15. The van der Waals surface area contributed by atoms with Crippen molar-refractivity contribution in [3.63, 3.8) is 0 Å². The molecule has 1 rings (SSSR count). The van der Waals surface area contributed by atoms with Gasteiger partial charge in [-0.1, -0.05) is 13.8 Å². The Hall–Kier alpha value is -0.610. The highest BCUT2D eigenvalue weighted by atomic mass is 16.2. The van der Waals surface area contributed by atoms with Crippen LogP contribution in [0.3, 0.4) is 0 Å². The van der Waals surface area contributed by atoms with Crippen molar-refractivity contribution in [3.05, 3.63) is 0 Å². The minimum absolute atomic E-state index is 0.115. The average molecular weight is 185 g/mol. The molecule has 0 saturated carbocycles. The van der Waals surface area contributed by atoms with Crippen molar-refractivity contribution in [2.24, 2.45) is 11.7 Å². The summed E-state index contributed by atoms with van der Waals surface area (Å²) >= 11 is 0. The number of piperazine rings is 1. The van der Waals surface area contributed by atoms with Gasteiger partial charge < -0.3 is 10.6 Å². The first kappa shape index (κ1) is 10.5. The number of carbonyl (C=O) groups is 1. The number of nitrogens with zero attached hydrogens (tertiary/aromatic N) is 2. The van der Waals surface area contributed by atoms with Crippen molar-refractivity contribution in [3.8, 4) is 0 Å². The molecule has 0 bridgehead atoms. The topological polar surface area (TPSA) is 49.6 Å². The molecule has 1 amide bonds. The lowest BCUT2D eigenvalue weighted by Gasteiger charge is -2.34. The molecule has 0 atom stereocenters. The van der Waals surface area contributed by atoms with E-state index in [1.165, 1.54) is 0 Å². The van der Waals surface area contributed by atoms with Gasteiger partial charge in [-0.15, -0.1) is 0 Å². The van der Waals surface area contributed by atoms with Gasteiger partial charge in [0, 0.05) is 38.8 Å². The molecule has 1 saturated heterocycles. The summed E-state index contributed by atoms with van der Waals surface area (Å²) in [4.78, 5) is 15.7. The van der Waals surface area contributed by atoms with Crippen LogP contribution in [-0.4, -0.2) is 48.6 Å². The fourth-order valence-corrected chi connectivity index (χ4v) is 1.52. The van der Waals surface area contributed by atoms with Gasteiger partial charge in [-0.3, -0.25) is 9.69 Å². The van der Waals surface area contributed by atoms with Gasteiger partial charge in [0.25, 0.3) is 0 Å². The average Bonchev–Trinajstić information content (AvgIpc) is 2.17. The van der Waals surface area contributed by atoms with Gasteiger partial charge in [0.15, 0.2) is 0 Å². The van der Waals surface area contributed by atoms with Crippen LogP contribution in [0.2, 0.25) is 0 Å². The van der Waals surface area contributed by atoms with Crippen LogP contribution in [0.25, 0.3) is 0 Å². The van der Waals surface area contributed by atoms with Crippen LogP contribution in [0.15, 0.2) is 0 Å². The molecule has 0 aromatic carbocycles. The Bertz CT molecular complexity index is 174. The molecule has 0 aliphatic carbocycles. The van der Waals surface area contributed by atoms with Gasteiger partial charge in [0.05, 0.1) is 0 Å². The Morgan fingerprint density at radius 1 is 1.31 bits per heavy atom. The third kappa shape index (κ3) is 2.67. The summed E-state index contributed by atoms with van der Waals surface area (Å²) in [6, 6.07) is 0. The van der Waals surface area contributed by atoms with Gasteiger partial charge >= 0.3 is 0 Å². The van der Waals surface area contributed by atoms with Crippen LogP contribution in [-0.2, 0) is 4.79 Å². The SMILES string of the molecule is CC(C)C(=O)N1CCN(CN)CC1. The Labute approximate surface area is 79.7 Å². The number of rotatable bonds is 2. The van der Waals surface area contributed by atoms with E-state index in [9.17, 15) is 4.79 Å². The molecule has 0 aromatic heterocycles. The molecule has 0 spiro atoms. The van der Waals surface area contributed by atoms with Crippen molar-refractivity contribution >= 4 is 5.91 Å². The van der Waals surface area contributed by atoms with Crippen LogP contribution in [0, 0.1) is 5.92 Å². The maximum absolute atomic E-state index is 11.6. The first-order valence-electron chi connectivity index (χ1n) is 4.86. The van der Waals surface area contributed by atoms with Gasteiger partial charge in [-0.05, 0) is 0 Å².